The molecule has 0 amide bonds. The maximum absolute atomic E-state index is 6.52. The second kappa shape index (κ2) is 12.8. The molecule has 0 unspecified atom stereocenters. The highest BCUT2D eigenvalue weighted by Crippen LogP contribution is 2.39. The summed E-state index contributed by atoms with van der Waals surface area (Å²) in [6.07, 6.45) is 0. The van der Waals surface area contributed by atoms with E-state index in [2.05, 4.69) is 146 Å². The SMILES string of the molecule is c1ccc(-c2ccc3cc(-c4nc(-c5ccc6cc7c(cc6c5)oc5ccccc57)nc(-c5cccc6oc7cc(-c8ccccc8)ccc7c56)n4)ccc3c2)cc1. The normalized spacial score (nSPS) is 11.8. The van der Waals surface area contributed by atoms with Crippen molar-refractivity contribution in [2.75, 3.05) is 0 Å². The van der Waals surface area contributed by atoms with Crippen molar-refractivity contribution in [2.45, 2.75) is 0 Å². The Hall–Kier alpha value is -7.89. The molecule has 0 fully saturated rings. The van der Waals surface area contributed by atoms with E-state index in [0.29, 0.717) is 17.5 Å². The summed E-state index contributed by atoms with van der Waals surface area (Å²) in [4.78, 5) is 15.6. The van der Waals surface area contributed by atoms with Crippen LogP contribution in [0.1, 0.15) is 0 Å². The monoisotopic (exact) mass is 741 g/mol. The summed E-state index contributed by atoms with van der Waals surface area (Å²) in [7, 11) is 0. The zero-order valence-electron chi connectivity index (χ0n) is 31.1. The van der Waals surface area contributed by atoms with Gasteiger partial charge in [0, 0.05) is 38.2 Å². The van der Waals surface area contributed by atoms with Crippen LogP contribution < -0.4 is 0 Å². The van der Waals surface area contributed by atoms with E-state index < -0.39 is 0 Å². The molecule has 0 saturated heterocycles. The number of fused-ring (bicyclic) bond motifs is 8. The summed E-state index contributed by atoms with van der Waals surface area (Å²) < 4.78 is 12.8. The molecule has 270 valence electrons. The summed E-state index contributed by atoms with van der Waals surface area (Å²) in [6.45, 7) is 0. The van der Waals surface area contributed by atoms with Gasteiger partial charge < -0.3 is 8.83 Å². The Balaban J connectivity index is 1.04. The number of furan rings is 2. The van der Waals surface area contributed by atoms with Crippen LogP contribution in [0.25, 0.3) is 122 Å². The minimum absolute atomic E-state index is 0.577. The Kier molecular flexibility index (Phi) is 7.16. The van der Waals surface area contributed by atoms with Gasteiger partial charge in [0.05, 0.1) is 0 Å². The van der Waals surface area contributed by atoms with Gasteiger partial charge in [-0.25, -0.2) is 15.0 Å². The van der Waals surface area contributed by atoms with Crippen molar-refractivity contribution < 1.29 is 8.83 Å². The fraction of sp³-hybridized carbons (Fsp3) is 0. The van der Waals surface area contributed by atoms with Crippen molar-refractivity contribution >= 4 is 65.4 Å². The second-order valence-corrected chi connectivity index (χ2v) is 14.8. The third-order valence-corrected chi connectivity index (χ3v) is 11.3. The number of hydrogen-bond donors (Lipinski definition) is 0. The molecule has 12 aromatic rings. The Morgan fingerprint density at radius 2 is 0.810 bits per heavy atom. The summed E-state index contributed by atoms with van der Waals surface area (Å²) in [6, 6.07) is 65.3. The standard InChI is InChI=1S/C53H31N3O2/c1-3-10-32(11-4-1)34-18-19-36-27-39(22-20-35(36)26-34)51-54-52(40-23-21-37-29-45-42-14-7-8-16-46(42)57-49(45)31-41(37)28-40)56-53(55-51)44-15-9-17-47-50(44)43-25-24-38(30-48(43)58-47)33-12-5-2-6-13-33/h1-31H. The minimum Gasteiger partial charge on any atom is -0.456 e. The number of para-hydroxylation sites is 1. The number of nitrogens with zero attached hydrogens (tertiary/aromatic N) is 3. The van der Waals surface area contributed by atoms with Crippen LogP contribution in [0, 0.1) is 0 Å². The molecule has 3 aromatic heterocycles. The molecule has 9 aromatic carbocycles. The number of benzene rings is 9. The van der Waals surface area contributed by atoms with E-state index >= 15 is 0 Å². The first kappa shape index (κ1) is 32.4. The van der Waals surface area contributed by atoms with E-state index in [-0.39, 0.29) is 0 Å². The maximum Gasteiger partial charge on any atom is 0.164 e. The Bertz CT molecular complexity index is 3570. The van der Waals surface area contributed by atoms with Gasteiger partial charge in [-0.15, -0.1) is 0 Å². The zero-order valence-corrected chi connectivity index (χ0v) is 31.1. The fourth-order valence-corrected chi connectivity index (χ4v) is 8.38. The van der Waals surface area contributed by atoms with Gasteiger partial charge in [-0.1, -0.05) is 133 Å². The summed E-state index contributed by atoms with van der Waals surface area (Å²) in [5, 5.41) is 8.61. The Labute approximate surface area is 332 Å². The van der Waals surface area contributed by atoms with Gasteiger partial charge >= 0.3 is 0 Å². The van der Waals surface area contributed by atoms with Gasteiger partial charge in [-0.05, 0) is 98.4 Å². The smallest absolute Gasteiger partial charge is 0.164 e. The van der Waals surface area contributed by atoms with Crippen molar-refractivity contribution in [3.8, 4) is 56.4 Å². The molecular weight excluding hydrogens is 711 g/mol. The van der Waals surface area contributed by atoms with Gasteiger partial charge in [-0.2, -0.15) is 0 Å². The van der Waals surface area contributed by atoms with Gasteiger partial charge in [0.1, 0.15) is 22.3 Å². The van der Waals surface area contributed by atoms with Crippen LogP contribution >= 0.6 is 0 Å². The van der Waals surface area contributed by atoms with E-state index in [0.717, 1.165) is 93.2 Å². The van der Waals surface area contributed by atoms with Gasteiger partial charge in [0.25, 0.3) is 0 Å². The molecule has 58 heavy (non-hydrogen) atoms. The molecule has 3 heterocycles. The molecule has 0 atom stereocenters. The highest BCUT2D eigenvalue weighted by atomic mass is 16.3. The van der Waals surface area contributed by atoms with Crippen molar-refractivity contribution in [2.24, 2.45) is 0 Å². The van der Waals surface area contributed by atoms with Crippen LogP contribution in [0.2, 0.25) is 0 Å². The average Bonchev–Trinajstić information content (AvgIpc) is 3.85. The van der Waals surface area contributed by atoms with Crippen LogP contribution in [-0.2, 0) is 0 Å². The van der Waals surface area contributed by atoms with Crippen LogP contribution in [-0.4, -0.2) is 15.0 Å². The van der Waals surface area contributed by atoms with Gasteiger partial charge in [0.15, 0.2) is 17.5 Å². The lowest BCUT2D eigenvalue weighted by Gasteiger charge is -2.11. The van der Waals surface area contributed by atoms with Crippen molar-refractivity contribution in [1.82, 2.24) is 15.0 Å². The molecule has 0 radical (unpaired) electrons. The lowest BCUT2D eigenvalue weighted by molar-refractivity contribution is 0.669. The van der Waals surface area contributed by atoms with Crippen LogP contribution in [0.3, 0.4) is 0 Å². The second-order valence-electron chi connectivity index (χ2n) is 14.8. The molecule has 5 heteroatoms. The molecule has 0 aliphatic heterocycles. The van der Waals surface area contributed by atoms with Gasteiger partial charge in [-0.3, -0.25) is 0 Å². The first-order chi connectivity index (χ1) is 28.7. The minimum atomic E-state index is 0.577. The first-order valence-electron chi connectivity index (χ1n) is 19.4. The lowest BCUT2D eigenvalue weighted by atomic mass is 9.99. The van der Waals surface area contributed by atoms with E-state index in [4.69, 9.17) is 23.8 Å². The highest BCUT2D eigenvalue weighted by molar-refractivity contribution is 6.13. The maximum atomic E-state index is 6.52. The predicted molar refractivity (Wildman–Crippen MR) is 237 cm³/mol. The van der Waals surface area contributed by atoms with Crippen LogP contribution in [0.4, 0.5) is 0 Å². The Morgan fingerprint density at radius 1 is 0.276 bits per heavy atom. The van der Waals surface area contributed by atoms with E-state index in [1.54, 1.807) is 0 Å². The van der Waals surface area contributed by atoms with E-state index in [1.807, 2.05) is 42.5 Å². The third-order valence-electron chi connectivity index (χ3n) is 11.3. The predicted octanol–water partition coefficient (Wildman–Crippen LogP) is 14.3. The average molecular weight is 742 g/mol. The molecular formula is C53H31N3O2. The molecule has 0 aliphatic rings. The topological polar surface area (TPSA) is 65.0 Å². The molecule has 5 nitrogen and oxygen atoms in total. The molecule has 0 aliphatic carbocycles. The van der Waals surface area contributed by atoms with Crippen molar-refractivity contribution in [3.63, 3.8) is 0 Å². The molecule has 12 rings (SSSR count). The van der Waals surface area contributed by atoms with Crippen LogP contribution in [0.15, 0.2) is 197 Å². The summed E-state index contributed by atoms with van der Waals surface area (Å²) in [5.74, 6) is 1.76. The number of rotatable bonds is 5. The third kappa shape index (κ3) is 5.36. The highest BCUT2D eigenvalue weighted by Gasteiger charge is 2.19. The Morgan fingerprint density at radius 3 is 1.55 bits per heavy atom. The lowest BCUT2D eigenvalue weighted by Crippen LogP contribution is -2.00. The van der Waals surface area contributed by atoms with Crippen molar-refractivity contribution in [3.05, 3.63) is 188 Å². The van der Waals surface area contributed by atoms with E-state index in [1.165, 1.54) is 11.1 Å². The number of hydrogen-bond acceptors (Lipinski definition) is 5. The quantitative estimate of drug-likeness (QED) is 0.176. The first-order valence-corrected chi connectivity index (χ1v) is 19.4. The largest absolute Gasteiger partial charge is 0.456 e. The number of aromatic nitrogens is 3. The molecule has 0 saturated carbocycles. The van der Waals surface area contributed by atoms with Crippen molar-refractivity contribution in [1.29, 1.82) is 0 Å². The molecule has 0 N–H and O–H groups in total. The summed E-state index contributed by atoms with van der Waals surface area (Å²) in [5.41, 5.74) is 10.6. The van der Waals surface area contributed by atoms with E-state index in [9.17, 15) is 0 Å². The van der Waals surface area contributed by atoms with Crippen LogP contribution in [0.5, 0.6) is 0 Å². The fourth-order valence-electron chi connectivity index (χ4n) is 8.38. The zero-order chi connectivity index (χ0) is 38.2. The van der Waals surface area contributed by atoms with Gasteiger partial charge in [0.2, 0.25) is 0 Å². The molecule has 0 bridgehead atoms. The molecule has 0 spiro atoms. The summed E-state index contributed by atoms with van der Waals surface area (Å²) >= 11 is 0.